The minimum Gasteiger partial charge on any atom is -0.454 e. The maximum absolute atomic E-state index is 11.2. The van der Waals surface area contributed by atoms with E-state index >= 15 is 0 Å². The van der Waals surface area contributed by atoms with E-state index in [4.69, 9.17) is 10.5 Å². The summed E-state index contributed by atoms with van der Waals surface area (Å²) >= 11 is 0. The van der Waals surface area contributed by atoms with Crippen molar-refractivity contribution < 1.29 is 9.53 Å². The maximum Gasteiger partial charge on any atom is 0.334 e. The van der Waals surface area contributed by atoms with Crippen molar-refractivity contribution in [2.24, 2.45) is 5.73 Å². The third-order valence-electron chi connectivity index (χ3n) is 3.14. The fraction of sp³-hybridized carbons (Fsp3) is 0.700. The van der Waals surface area contributed by atoms with Gasteiger partial charge in [-0.05, 0) is 19.3 Å². The monoisotopic (exact) mass is 181 g/mol. The molecule has 2 rings (SSSR count). The van der Waals surface area contributed by atoms with Crippen molar-refractivity contribution in [2.75, 3.05) is 0 Å². The van der Waals surface area contributed by atoms with Crippen LogP contribution in [0.4, 0.5) is 0 Å². The van der Waals surface area contributed by atoms with E-state index in [-0.39, 0.29) is 12.0 Å². The molecular formula is C10H15NO2. The number of hydrogen-bond donors (Lipinski definition) is 1. The molecule has 0 aromatic heterocycles. The first-order valence-corrected chi connectivity index (χ1v) is 4.81. The Labute approximate surface area is 77.9 Å². The van der Waals surface area contributed by atoms with Crippen LogP contribution in [0.2, 0.25) is 0 Å². The molecule has 13 heavy (non-hydrogen) atoms. The summed E-state index contributed by atoms with van der Waals surface area (Å²) in [6.45, 7) is 3.69. The molecule has 2 N–H and O–H groups in total. The van der Waals surface area contributed by atoms with E-state index in [0.29, 0.717) is 12.0 Å². The van der Waals surface area contributed by atoms with E-state index in [1.807, 2.05) is 0 Å². The molecular weight excluding hydrogens is 166 g/mol. The molecule has 2 aliphatic rings. The molecule has 2 atom stereocenters. The smallest absolute Gasteiger partial charge is 0.334 e. The van der Waals surface area contributed by atoms with Crippen LogP contribution in [-0.4, -0.2) is 17.6 Å². The van der Waals surface area contributed by atoms with Crippen LogP contribution in [0.1, 0.15) is 32.1 Å². The van der Waals surface area contributed by atoms with Crippen molar-refractivity contribution in [3.63, 3.8) is 0 Å². The lowest BCUT2D eigenvalue weighted by Gasteiger charge is -2.37. The molecule has 2 unspecified atom stereocenters. The highest BCUT2D eigenvalue weighted by Gasteiger charge is 2.48. The molecule has 1 spiro atoms. The molecule has 3 nitrogen and oxygen atoms in total. The van der Waals surface area contributed by atoms with Crippen molar-refractivity contribution in [3.8, 4) is 0 Å². The number of carbonyl (C=O) groups excluding carboxylic acids is 1. The van der Waals surface area contributed by atoms with Gasteiger partial charge in [0.2, 0.25) is 0 Å². The first-order chi connectivity index (χ1) is 6.14. The van der Waals surface area contributed by atoms with E-state index < -0.39 is 5.60 Å². The van der Waals surface area contributed by atoms with E-state index in [9.17, 15) is 4.79 Å². The van der Waals surface area contributed by atoms with Gasteiger partial charge in [-0.15, -0.1) is 0 Å². The molecule has 72 valence electrons. The molecule has 1 heterocycles. The lowest BCUT2D eigenvalue weighted by molar-refractivity contribution is -0.150. The summed E-state index contributed by atoms with van der Waals surface area (Å²) in [5.41, 5.74) is 6.17. The van der Waals surface area contributed by atoms with Gasteiger partial charge < -0.3 is 10.5 Å². The van der Waals surface area contributed by atoms with Crippen molar-refractivity contribution in [3.05, 3.63) is 12.2 Å². The lowest BCUT2D eigenvalue weighted by Crippen LogP contribution is -2.49. The van der Waals surface area contributed by atoms with Crippen LogP contribution in [0.15, 0.2) is 12.2 Å². The summed E-state index contributed by atoms with van der Waals surface area (Å²) in [6, 6.07) is 0.00412. The van der Waals surface area contributed by atoms with Crippen molar-refractivity contribution in [2.45, 2.75) is 43.7 Å². The lowest BCUT2D eigenvalue weighted by atomic mass is 9.78. The molecule has 1 saturated heterocycles. The van der Waals surface area contributed by atoms with Gasteiger partial charge in [-0.2, -0.15) is 0 Å². The van der Waals surface area contributed by atoms with Crippen LogP contribution in [0.3, 0.4) is 0 Å². The summed E-state index contributed by atoms with van der Waals surface area (Å²) in [6.07, 6.45) is 4.74. The molecule has 1 aliphatic heterocycles. The normalized spacial score (nSPS) is 39.6. The molecule has 0 radical (unpaired) electrons. The predicted octanol–water partition coefficient (Wildman–Crippen LogP) is 1.13. The highest BCUT2D eigenvalue weighted by atomic mass is 16.6. The Hall–Kier alpha value is -0.830. The Morgan fingerprint density at radius 2 is 2.31 bits per heavy atom. The topological polar surface area (TPSA) is 52.3 Å². The summed E-state index contributed by atoms with van der Waals surface area (Å²) in [5.74, 6) is -0.252. The molecule has 0 aromatic carbocycles. The zero-order valence-electron chi connectivity index (χ0n) is 7.71. The molecule has 0 bridgehead atoms. The standard InChI is InChI=1S/C10H15NO2/c1-7-6-10(13-9(7)12)5-3-2-4-8(10)11/h8H,1-6,11H2. The maximum atomic E-state index is 11.2. The van der Waals surface area contributed by atoms with E-state index in [0.717, 1.165) is 25.7 Å². The van der Waals surface area contributed by atoms with Crippen LogP contribution in [0.5, 0.6) is 0 Å². The van der Waals surface area contributed by atoms with Gasteiger partial charge in [0.15, 0.2) is 0 Å². The zero-order chi connectivity index (χ0) is 9.47. The molecule has 2 fully saturated rings. The van der Waals surface area contributed by atoms with Crippen LogP contribution in [0, 0.1) is 0 Å². The molecule has 1 aliphatic carbocycles. The Kier molecular flexibility index (Phi) is 1.91. The number of rotatable bonds is 0. The SMILES string of the molecule is C=C1CC2(CCCCC2N)OC1=O. The largest absolute Gasteiger partial charge is 0.454 e. The minimum absolute atomic E-state index is 0.00412. The first kappa shape index (κ1) is 8.75. The third-order valence-corrected chi connectivity index (χ3v) is 3.14. The average molecular weight is 181 g/mol. The number of ether oxygens (including phenoxy) is 1. The Morgan fingerprint density at radius 3 is 2.85 bits per heavy atom. The first-order valence-electron chi connectivity index (χ1n) is 4.81. The fourth-order valence-electron chi connectivity index (χ4n) is 2.31. The quantitative estimate of drug-likeness (QED) is 0.450. The Bertz CT molecular complexity index is 244. The second kappa shape index (κ2) is 2.84. The van der Waals surface area contributed by atoms with E-state index in [1.165, 1.54) is 0 Å². The summed E-state index contributed by atoms with van der Waals surface area (Å²) in [4.78, 5) is 11.2. The van der Waals surface area contributed by atoms with Crippen LogP contribution in [0.25, 0.3) is 0 Å². The summed E-state index contributed by atoms with van der Waals surface area (Å²) < 4.78 is 5.35. The third kappa shape index (κ3) is 1.27. The summed E-state index contributed by atoms with van der Waals surface area (Å²) in [7, 11) is 0. The zero-order valence-corrected chi connectivity index (χ0v) is 7.71. The average Bonchev–Trinajstić information content (AvgIpc) is 2.36. The summed E-state index contributed by atoms with van der Waals surface area (Å²) in [5, 5.41) is 0. The van der Waals surface area contributed by atoms with Crippen molar-refractivity contribution in [1.29, 1.82) is 0 Å². The van der Waals surface area contributed by atoms with Gasteiger partial charge in [0.25, 0.3) is 0 Å². The number of carbonyl (C=O) groups is 1. The van der Waals surface area contributed by atoms with Crippen LogP contribution < -0.4 is 5.73 Å². The van der Waals surface area contributed by atoms with Gasteiger partial charge >= 0.3 is 5.97 Å². The van der Waals surface area contributed by atoms with E-state index in [2.05, 4.69) is 6.58 Å². The molecule has 3 heteroatoms. The fourth-order valence-corrected chi connectivity index (χ4v) is 2.31. The van der Waals surface area contributed by atoms with E-state index in [1.54, 1.807) is 0 Å². The van der Waals surface area contributed by atoms with Gasteiger partial charge in [-0.3, -0.25) is 0 Å². The highest BCUT2D eigenvalue weighted by molar-refractivity contribution is 5.90. The van der Waals surface area contributed by atoms with Crippen molar-refractivity contribution >= 4 is 5.97 Å². The Balaban J connectivity index is 2.20. The van der Waals surface area contributed by atoms with Crippen molar-refractivity contribution in [1.82, 2.24) is 0 Å². The predicted molar refractivity (Wildman–Crippen MR) is 49.0 cm³/mol. The van der Waals surface area contributed by atoms with Crippen LogP contribution >= 0.6 is 0 Å². The molecule has 1 saturated carbocycles. The number of nitrogens with two attached hydrogens (primary N) is 1. The second-order valence-corrected chi connectivity index (χ2v) is 4.09. The molecule has 0 amide bonds. The minimum atomic E-state index is -0.396. The van der Waals surface area contributed by atoms with Gasteiger partial charge in [-0.1, -0.05) is 13.0 Å². The van der Waals surface area contributed by atoms with Gasteiger partial charge in [0.1, 0.15) is 5.60 Å². The number of esters is 1. The second-order valence-electron chi connectivity index (χ2n) is 4.09. The Morgan fingerprint density at radius 1 is 1.54 bits per heavy atom. The highest BCUT2D eigenvalue weighted by Crippen LogP contribution is 2.40. The van der Waals surface area contributed by atoms with Gasteiger partial charge in [-0.25, -0.2) is 4.79 Å². The molecule has 0 aromatic rings. The van der Waals surface area contributed by atoms with Gasteiger partial charge in [0.05, 0.1) is 0 Å². The number of hydrogen-bond acceptors (Lipinski definition) is 3. The van der Waals surface area contributed by atoms with Gasteiger partial charge in [0, 0.05) is 18.0 Å². The van der Waals surface area contributed by atoms with Crippen LogP contribution in [-0.2, 0) is 9.53 Å².